The van der Waals surface area contributed by atoms with Crippen LogP contribution in [0, 0.1) is 0 Å². The van der Waals surface area contributed by atoms with Crippen molar-refractivity contribution in [3.63, 3.8) is 0 Å². The van der Waals surface area contributed by atoms with Crippen LogP contribution >= 0.6 is 23.2 Å². The van der Waals surface area contributed by atoms with Crippen molar-refractivity contribution in [1.29, 1.82) is 0 Å². The molecule has 0 atom stereocenters. The number of carbonyl (C=O) groups is 1. The summed E-state index contributed by atoms with van der Waals surface area (Å²) in [5.41, 5.74) is 0.277. The summed E-state index contributed by atoms with van der Waals surface area (Å²) < 4.78 is 15.9. The van der Waals surface area contributed by atoms with Crippen LogP contribution in [-0.2, 0) is 4.79 Å². The fraction of sp³-hybridized carbons (Fsp3) is 0.118. The van der Waals surface area contributed by atoms with Crippen molar-refractivity contribution in [2.24, 2.45) is 0 Å². The number of hydrogen-bond donors (Lipinski definition) is 1. The van der Waals surface area contributed by atoms with E-state index in [4.69, 9.17) is 37.1 Å². The average Bonchev–Trinajstić information content (AvgIpc) is 2.62. The fourth-order valence-electron chi connectivity index (χ4n) is 2.37. The second-order valence-corrected chi connectivity index (χ2v) is 5.85. The van der Waals surface area contributed by atoms with Crippen LogP contribution in [0.3, 0.4) is 0 Å². The molecule has 0 saturated heterocycles. The highest BCUT2D eigenvalue weighted by atomic mass is 35.5. The lowest BCUT2D eigenvalue weighted by molar-refractivity contribution is -0.109. The first-order valence-corrected chi connectivity index (χ1v) is 8.08. The number of carbonyl (C=O) groups excluding carboxylic acids is 1. The van der Waals surface area contributed by atoms with Gasteiger partial charge in [-0.05, 0) is 12.1 Å². The summed E-state index contributed by atoms with van der Waals surface area (Å²) in [7, 11) is 1.44. The average molecular weight is 395 g/mol. The van der Waals surface area contributed by atoms with Crippen LogP contribution < -0.4 is 20.4 Å². The zero-order valence-corrected chi connectivity index (χ0v) is 14.9. The molecular weight excluding hydrogens is 383 g/mol. The molecule has 3 aromatic rings. The van der Waals surface area contributed by atoms with Crippen molar-refractivity contribution >= 4 is 51.8 Å². The summed E-state index contributed by atoms with van der Waals surface area (Å²) in [6, 6.07) is 4.56. The Morgan fingerprint density at radius 3 is 2.65 bits per heavy atom. The van der Waals surface area contributed by atoms with Crippen molar-refractivity contribution in [3.8, 4) is 11.5 Å². The largest absolute Gasteiger partial charge is 0.493 e. The predicted octanol–water partition coefficient (Wildman–Crippen LogP) is 3.82. The van der Waals surface area contributed by atoms with Crippen LogP contribution in [0.2, 0.25) is 10.0 Å². The molecule has 0 amide bonds. The molecule has 0 spiro atoms. The van der Waals surface area contributed by atoms with E-state index >= 15 is 0 Å². The van der Waals surface area contributed by atoms with Gasteiger partial charge in [-0.25, -0.2) is 4.79 Å². The molecule has 3 rings (SSSR count). The predicted molar refractivity (Wildman–Crippen MR) is 98.1 cm³/mol. The minimum absolute atomic E-state index is 0.127. The Hall–Kier alpha value is -2.77. The van der Waals surface area contributed by atoms with Crippen molar-refractivity contribution in [3.05, 3.63) is 51.1 Å². The van der Waals surface area contributed by atoms with Gasteiger partial charge in [0.05, 0.1) is 28.5 Å². The molecular formula is C17H12Cl2N2O5. The third kappa shape index (κ3) is 3.44. The Morgan fingerprint density at radius 2 is 2.00 bits per heavy atom. The third-order valence-corrected chi connectivity index (χ3v) is 4.03. The van der Waals surface area contributed by atoms with E-state index in [1.807, 2.05) is 0 Å². The number of fused-ring (bicyclic) bond motifs is 1. The number of methoxy groups -OCH3 is 1. The van der Waals surface area contributed by atoms with E-state index in [1.165, 1.54) is 25.6 Å². The molecule has 0 aliphatic carbocycles. The van der Waals surface area contributed by atoms with E-state index in [1.54, 1.807) is 12.1 Å². The molecule has 2 aromatic heterocycles. The van der Waals surface area contributed by atoms with Crippen LogP contribution in [0.15, 0.2) is 39.8 Å². The van der Waals surface area contributed by atoms with Gasteiger partial charge in [0, 0.05) is 23.8 Å². The smallest absolute Gasteiger partial charge is 0.338 e. The molecule has 0 bridgehead atoms. The zero-order valence-electron chi connectivity index (χ0n) is 13.4. The summed E-state index contributed by atoms with van der Waals surface area (Å²) >= 11 is 12.2. The van der Waals surface area contributed by atoms with Gasteiger partial charge < -0.3 is 19.2 Å². The van der Waals surface area contributed by atoms with Crippen LogP contribution in [-0.4, -0.2) is 25.0 Å². The molecule has 2 heterocycles. The molecule has 1 aromatic carbocycles. The maximum Gasteiger partial charge on any atom is 0.338 e. The number of pyridine rings is 1. The second kappa shape index (κ2) is 7.63. The number of halogens is 2. The van der Waals surface area contributed by atoms with E-state index < -0.39 is 5.63 Å². The molecule has 26 heavy (non-hydrogen) atoms. The Morgan fingerprint density at radius 1 is 1.27 bits per heavy atom. The Bertz CT molecular complexity index is 1020. The first kappa shape index (κ1) is 18.0. The minimum Gasteiger partial charge on any atom is -0.493 e. The third-order valence-electron chi connectivity index (χ3n) is 3.46. The van der Waals surface area contributed by atoms with E-state index in [9.17, 15) is 9.59 Å². The number of ether oxygens (including phenoxy) is 2. The van der Waals surface area contributed by atoms with Crippen LogP contribution in [0.5, 0.6) is 11.5 Å². The van der Waals surface area contributed by atoms with Crippen LogP contribution in [0.4, 0.5) is 11.4 Å². The highest BCUT2D eigenvalue weighted by Crippen LogP contribution is 2.39. The van der Waals surface area contributed by atoms with Gasteiger partial charge in [0.25, 0.3) is 0 Å². The number of aldehydes is 1. The van der Waals surface area contributed by atoms with Gasteiger partial charge in [-0.1, -0.05) is 23.2 Å². The second-order valence-electron chi connectivity index (χ2n) is 5.03. The number of aromatic nitrogens is 1. The summed E-state index contributed by atoms with van der Waals surface area (Å²) in [4.78, 5) is 26.6. The Labute approximate surface area is 157 Å². The van der Waals surface area contributed by atoms with Gasteiger partial charge in [0.15, 0.2) is 17.6 Å². The van der Waals surface area contributed by atoms with Crippen molar-refractivity contribution in [1.82, 2.24) is 4.98 Å². The first-order valence-electron chi connectivity index (χ1n) is 7.32. The van der Waals surface area contributed by atoms with E-state index in [0.29, 0.717) is 28.8 Å². The molecule has 0 fully saturated rings. The highest BCUT2D eigenvalue weighted by Gasteiger charge is 2.17. The van der Waals surface area contributed by atoms with Gasteiger partial charge in [0.1, 0.15) is 6.61 Å². The van der Waals surface area contributed by atoms with Crippen LogP contribution in [0.1, 0.15) is 0 Å². The molecule has 7 nitrogen and oxygen atoms in total. The molecule has 0 aliphatic rings. The zero-order chi connectivity index (χ0) is 18.7. The maximum absolute atomic E-state index is 12.0. The quantitative estimate of drug-likeness (QED) is 0.501. The molecule has 0 radical (unpaired) electrons. The van der Waals surface area contributed by atoms with Crippen molar-refractivity contribution in [2.45, 2.75) is 0 Å². The van der Waals surface area contributed by atoms with E-state index in [-0.39, 0.29) is 28.0 Å². The lowest BCUT2D eigenvalue weighted by atomic mass is 10.1. The normalized spacial score (nSPS) is 10.6. The SMILES string of the molecule is COc1ccc2c(Nc3c(Cl)cncc3Cl)cc(=O)oc2c1OCC=O. The summed E-state index contributed by atoms with van der Waals surface area (Å²) in [6.07, 6.45) is 3.42. The number of hydrogen-bond acceptors (Lipinski definition) is 7. The number of anilines is 2. The molecule has 1 N–H and O–H groups in total. The molecule has 0 saturated carbocycles. The summed E-state index contributed by atoms with van der Waals surface area (Å²) in [5, 5.41) is 4.09. The van der Waals surface area contributed by atoms with E-state index in [2.05, 4.69) is 10.3 Å². The van der Waals surface area contributed by atoms with Gasteiger partial charge in [0.2, 0.25) is 5.75 Å². The number of nitrogens with one attached hydrogen (secondary N) is 1. The Balaban J connectivity index is 2.21. The topological polar surface area (TPSA) is 90.7 Å². The van der Waals surface area contributed by atoms with Crippen LogP contribution in [0.25, 0.3) is 11.0 Å². The summed E-state index contributed by atoms with van der Waals surface area (Å²) in [5.74, 6) is 0.462. The minimum atomic E-state index is -0.634. The van der Waals surface area contributed by atoms with Gasteiger partial charge in [-0.15, -0.1) is 0 Å². The standard InChI is InChI=1S/C17H12Cl2N2O5/c1-24-13-3-2-9-12(21-15-10(18)7-20-8-11(15)19)6-14(23)26-16(9)17(13)25-5-4-22/h2-4,6-8H,5H2,1H3,(H,20,21). The van der Waals surface area contributed by atoms with Gasteiger partial charge >= 0.3 is 5.63 Å². The highest BCUT2D eigenvalue weighted by molar-refractivity contribution is 6.39. The maximum atomic E-state index is 12.0. The lowest BCUT2D eigenvalue weighted by Crippen LogP contribution is -2.05. The van der Waals surface area contributed by atoms with Gasteiger partial charge in [-0.2, -0.15) is 0 Å². The van der Waals surface area contributed by atoms with Crippen molar-refractivity contribution in [2.75, 3.05) is 19.0 Å². The monoisotopic (exact) mass is 394 g/mol. The van der Waals surface area contributed by atoms with E-state index in [0.717, 1.165) is 0 Å². The number of nitrogens with zero attached hydrogens (tertiary/aromatic N) is 1. The Kier molecular flexibility index (Phi) is 5.29. The molecule has 0 unspecified atom stereocenters. The van der Waals surface area contributed by atoms with Gasteiger partial charge in [-0.3, -0.25) is 9.78 Å². The number of benzene rings is 1. The molecule has 134 valence electrons. The molecule has 9 heteroatoms. The summed E-state index contributed by atoms with van der Waals surface area (Å²) in [6.45, 7) is -0.223. The van der Waals surface area contributed by atoms with Crippen molar-refractivity contribution < 1.29 is 18.7 Å². The number of rotatable bonds is 6. The molecule has 0 aliphatic heterocycles. The lowest BCUT2D eigenvalue weighted by Gasteiger charge is -2.14. The fourth-order valence-corrected chi connectivity index (χ4v) is 2.83. The first-order chi connectivity index (χ1) is 12.5.